The van der Waals surface area contributed by atoms with Crippen molar-refractivity contribution in [2.24, 2.45) is 0 Å². The first-order chi connectivity index (χ1) is 17.8. The van der Waals surface area contributed by atoms with Crippen molar-refractivity contribution in [3.63, 3.8) is 0 Å². The lowest BCUT2D eigenvalue weighted by atomic mass is 9.98. The number of unbranched alkanes of at least 4 members (excludes halogenated alkanes) is 7. The first-order valence-electron chi connectivity index (χ1n) is 13.6. The van der Waals surface area contributed by atoms with Crippen LogP contribution in [0.15, 0.2) is 62.6 Å². The zero-order chi connectivity index (χ0) is 26.7. The summed E-state index contributed by atoms with van der Waals surface area (Å²) < 4.78 is 5.45. The second-order valence-corrected chi connectivity index (χ2v) is 11.4. The fraction of sp³-hybridized carbons (Fsp3) is 0.484. The number of carbonyl (C=O) groups is 1. The maximum atomic E-state index is 12.3. The summed E-state index contributed by atoms with van der Waals surface area (Å²) in [4.78, 5) is 23.3. The summed E-state index contributed by atoms with van der Waals surface area (Å²) in [5, 5.41) is 21.3. The van der Waals surface area contributed by atoms with Gasteiger partial charge in [-0.1, -0.05) is 94.8 Å². The van der Waals surface area contributed by atoms with Crippen LogP contribution in [0.3, 0.4) is 0 Å². The molecule has 6 heteroatoms. The van der Waals surface area contributed by atoms with Crippen LogP contribution in [-0.2, 0) is 12.8 Å². The van der Waals surface area contributed by atoms with Crippen LogP contribution in [0.1, 0.15) is 99.7 Å². The molecule has 0 saturated heterocycles. The molecule has 3 aromatic rings. The molecule has 5 nitrogen and oxygen atoms in total. The van der Waals surface area contributed by atoms with E-state index in [0.29, 0.717) is 18.2 Å². The maximum absolute atomic E-state index is 12.3. The summed E-state index contributed by atoms with van der Waals surface area (Å²) in [6.45, 7) is 4.35. The standard InChI is InChI=1S/C31H40O5S/c1-3-5-7-8-9-10-11-13-23-14-12-15-24(19-23)22-31(35,18-6-4-2)37-25-16-17-26-27(32)21-29(30(33)34)36-28(26)20-25/h12,14-17,19-21,35H,3-11,13,18,22H2,1-2H3,(H,33,34)/t31-/m1/s1. The number of thioether (sulfide) groups is 1. The Bertz CT molecular complexity index is 1220. The van der Waals surface area contributed by atoms with Crippen LogP contribution < -0.4 is 5.43 Å². The number of aromatic carboxylic acids is 1. The highest BCUT2D eigenvalue weighted by Gasteiger charge is 2.29. The number of rotatable bonds is 16. The van der Waals surface area contributed by atoms with Crippen LogP contribution in [0.4, 0.5) is 0 Å². The number of aliphatic hydroxyl groups is 1. The number of aryl methyl sites for hydroxylation is 1. The Kier molecular flexibility index (Phi) is 11.3. The van der Waals surface area contributed by atoms with Gasteiger partial charge in [0.25, 0.3) is 0 Å². The van der Waals surface area contributed by atoms with Gasteiger partial charge >= 0.3 is 5.97 Å². The van der Waals surface area contributed by atoms with E-state index in [1.54, 1.807) is 18.2 Å². The molecule has 2 aromatic carbocycles. The Morgan fingerprint density at radius 1 is 0.892 bits per heavy atom. The summed E-state index contributed by atoms with van der Waals surface area (Å²) in [7, 11) is 0. The monoisotopic (exact) mass is 524 g/mol. The number of carboxylic acid groups (broad SMARTS) is 1. The molecule has 37 heavy (non-hydrogen) atoms. The lowest BCUT2D eigenvalue weighted by Crippen LogP contribution is -2.27. The number of benzene rings is 2. The molecule has 0 bridgehead atoms. The van der Waals surface area contributed by atoms with Crippen molar-refractivity contribution in [3.8, 4) is 0 Å². The van der Waals surface area contributed by atoms with Gasteiger partial charge in [0.15, 0.2) is 5.43 Å². The van der Waals surface area contributed by atoms with E-state index >= 15 is 0 Å². The number of hydrogen-bond donors (Lipinski definition) is 2. The smallest absolute Gasteiger partial charge is 0.371 e. The lowest BCUT2D eigenvalue weighted by Gasteiger charge is -2.28. The van der Waals surface area contributed by atoms with Gasteiger partial charge in [0.1, 0.15) is 10.5 Å². The van der Waals surface area contributed by atoms with Gasteiger partial charge in [-0.05, 0) is 55.0 Å². The predicted molar refractivity (Wildman–Crippen MR) is 152 cm³/mol. The van der Waals surface area contributed by atoms with Crippen molar-refractivity contribution in [1.82, 2.24) is 0 Å². The highest BCUT2D eigenvalue weighted by molar-refractivity contribution is 8.00. The summed E-state index contributed by atoms with van der Waals surface area (Å²) in [6.07, 6.45) is 13.0. The second-order valence-electron chi connectivity index (χ2n) is 9.96. The largest absolute Gasteiger partial charge is 0.475 e. The lowest BCUT2D eigenvalue weighted by molar-refractivity contribution is 0.0663. The predicted octanol–water partition coefficient (Wildman–Crippen LogP) is 8.00. The van der Waals surface area contributed by atoms with Crippen molar-refractivity contribution < 1.29 is 19.4 Å². The van der Waals surface area contributed by atoms with Crippen LogP contribution in [0.5, 0.6) is 0 Å². The van der Waals surface area contributed by atoms with E-state index in [0.717, 1.165) is 35.8 Å². The fourth-order valence-corrected chi connectivity index (χ4v) is 5.88. The van der Waals surface area contributed by atoms with Crippen LogP contribution in [0.2, 0.25) is 0 Å². The number of hydrogen-bond acceptors (Lipinski definition) is 5. The van der Waals surface area contributed by atoms with Gasteiger partial charge in [-0.15, -0.1) is 0 Å². The van der Waals surface area contributed by atoms with Gasteiger partial charge in [-0.2, -0.15) is 0 Å². The molecule has 1 heterocycles. The minimum absolute atomic E-state index is 0.212. The summed E-state index contributed by atoms with van der Waals surface area (Å²) in [5.41, 5.74) is 2.23. The average Bonchev–Trinajstić information content (AvgIpc) is 2.87. The highest BCUT2D eigenvalue weighted by atomic mass is 32.2. The van der Waals surface area contributed by atoms with Gasteiger partial charge in [0.05, 0.1) is 5.39 Å². The molecule has 0 radical (unpaired) electrons. The molecule has 0 fully saturated rings. The van der Waals surface area contributed by atoms with Crippen molar-refractivity contribution in [2.75, 3.05) is 0 Å². The number of fused-ring (bicyclic) bond motifs is 1. The third-order valence-corrected chi connectivity index (χ3v) is 7.90. The number of carboxylic acids is 1. The quantitative estimate of drug-likeness (QED) is 0.112. The molecule has 0 aliphatic rings. The van der Waals surface area contributed by atoms with Crippen LogP contribution in [-0.4, -0.2) is 21.1 Å². The minimum atomic E-state index is -1.28. The van der Waals surface area contributed by atoms with E-state index in [4.69, 9.17) is 4.42 Å². The second kappa shape index (κ2) is 14.4. The van der Waals surface area contributed by atoms with E-state index in [9.17, 15) is 19.8 Å². The van der Waals surface area contributed by atoms with E-state index in [1.165, 1.54) is 62.3 Å². The SMILES string of the molecule is CCCCCCCCCc1cccc(C[C@@](O)(CCCC)Sc2ccc3c(=O)cc(C(=O)O)oc3c2)c1. The van der Waals surface area contributed by atoms with E-state index in [1.807, 2.05) is 0 Å². The molecule has 3 rings (SSSR count). The normalized spacial score (nSPS) is 13.1. The Balaban J connectivity index is 1.71. The topological polar surface area (TPSA) is 87.7 Å². The van der Waals surface area contributed by atoms with Crippen LogP contribution in [0, 0.1) is 0 Å². The Hall–Kier alpha value is -2.57. The first kappa shape index (κ1) is 29.0. The third kappa shape index (κ3) is 9.04. The zero-order valence-corrected chi connectivity index (χ0v) is 22.9. The van der Waals surface area contributed by atoms with Gasteiger partial charge < -0.3 is 14.6 Å². The van der Waals surface area contributed by atoms with Crippen LogP contribution in [0.25, 0.3) is 11.0 Å². The Morgan fingerprint density at radius 2 is 1.59 bits per heavy atom. The van der Waals surface area contributed by atoms with E-state index in [2.05, 4.69) is 38.1 Å². The van der Waals surface area contributed by atoms with Gasteiger partial charge in [-0.3, -0.25) is 4.79 Å². The Morgan fingerprint density at radius 3 is 2.32 bits per heavy atom. The zero-order valence-electron chi connectivity index (χ0n) is 22.1. The summed E-state index contributed by atoms with van der Waals surface area (Å²) in [5.74, 6) is -1.67. The van der Waals surface area contributed by atoms with Crippen molar-refractivity contribution in [3.05, 3.63) is 75.6 Å². The van der Waals surface area contributed by atoms with Crippen molar-refractivity contribution >= 4 is 28.7 Å². The highest BCUT2D eigenvalue weighted by Crippen LogP contribution is 2.38. The minimum Gasteiger partial charge on any atom is -0.475 e. The summed E-state index contributed by atoms with van der Waals surface area (Å²) >= 11 is 1.34. The molecule has 0 aliphatic heterocycles. The van der Waals surface area contributed by atoms with Gasteiger partial charge in [0.2, 0.25) is 5.76 Å². The molecule has 1 atom stereocenters. The first-order valence-corrected chi connectivity index (χ1v) is 14.5. The molecule has 0 unspecified atom stereocenters. The molecular formula is C31H40O5S. The van der Waals surface area contributed by atoms with E-state index < -0.39 is 22.1 Å². The summed E-state index contributed by atoms with van der Waals surface area (Å²) in [6, 6.07) is 14.6. The average molecular weight is 525 g/mol. The van der Waals surface area contributed by atoms with E-state index in [-0.39, 0.29) is 5.58 Å². The molecule has 0 saturated carbocycles. The maximum Gasteiger partial charge on any atom is 0.371 e. The molecule has 200 valence electrons. The van der Waals surface area contributed by atoms with Crippen molar-refractivity contribution in [1.29, 1.82) is 0 Å². The Labute approximate surface area is 224 Å². The molecule has 0 aliphatic carbocycles. The van der Waals surface area contributed by atoms with Gasteiger partial charge in [-0.25, -0.2) is 4.79 Å². The van der Waals surface area contributed by atoms with Crippen LogP contribution >= 0.6 is 11.8 Å². The molecule has 2 N–H and O–H groups in total. The van der Waals surface area contributed by atoms with Gasteiger partial charge in [0, 0.05) is 17.4 Å². The molecule has 1 aromatic heterocycles. The molecular weight excluding hydrogens is 484 g/mol. The fourth-order valence-electron chi connectivity index (χ4n) is 4.65. The third-order valence-electron chi connectivity index (χ3n) is 6.68. The molecule has 0 spiro atoms. The molecule has 0 amide bonds. The van der Waals surface area contributed by atoms with Crippen molar-refractivity contribution in [2.45, 2.75) is 101 Å².